The maximum absolute atomic E-state index is 13.3. The van der Waals surface area contributed by atoms with Crippen LogP contribution in [0.4, 0.5) is 45.5 Å². The van der Waals surface area contributed by atoms with Crippen LogP contribution < -0.4 is 39.4 Å². The molecule has 10 nitrogen and oxygen atoms in total. The zero-order chi connectivity index (χ0) is 40.4. The molecule has 7 aromatic rings. The van der Waals surface area contributed by atoms with Crippen LogP contribution in [0.15, 0.2) is 170 Å². The summed E-state index contributed by atoms with van der Waals surface area (Å²) < 4.78 is 21.4. The Labute approximate surface area is 337 Å². The molecule has 0 saturated carbocycles. The van der Waals surface area contributed by atoms with Crippen molar-refractivity contribution >= 4 is 57.3 Å². The third kappa shape index (κ3) is 8.87. The second-order valence-corrected chi connectivity index (χ2v) is 13.0. The smallest absolute Gasteiger partial charge is 0.255 e. The molecule has 7 aromatic carbocycles. The van der Waals surface area contributed by atoms with Crippen molar-refractivity contribution in [2.24, 2.45) is 0 Å². The van der Waals surface area contributed by atoms with Gasteiger partial charge in [-0.2, -0.15) is 0 Å². The van der Waals surface area contributed by atoms with Crippen molar-refractivity contribution in [1.82, 2.24) is 0 Å². The molecule has 0 aliphatic rings. The number of rotatable bonds is 14. The van der Waals surface area contributed by atoms with E-state index in [0.717, 1.165) is 57.1 Å². The van der Waals surface area contributed by atoms with Crippen molar-refractivity contribution in [1.29, 1.82) is 0 Å². The summed E-state index contributed by atoms with van der Waals surface area (Å²) in [5.74, 6) is 2.50. The van der Waals surface area contributed by atoms with Crippen LogP contribution >= 0.6 is 0 Å². The van der Waals surface area contributed by atoms with Crippen LogP contribution in [0.1, 0.15) is 20.7 Å². The van der Waals surface area contributed by atoms with Crippen molar-refractivity contribution in [3.63, 3.8) is 0 Å². The Hall–Kier alpha value is -7.72. The summed E-state index contributed by atoms with van der Waals surface area (Å²) in [4.78, 5) is 30.8. The largest absolute Gasteiger partial charge is 0.497 e. The number of nitrogens with one attached hydrogen (secondary N) is 2. The molecule has 0 aliphatic heterocycles. The number of anilines is 8. The van der Waals surface area contributed by atoms with E-state index >= 15 is 0 Å². The van der Waals surface area contributed by atoms with Gasteiger partial charge in [0.05, 0.1) is 28.4 Å². The minimum Gasteiger partial charge on any atom is -0.497 e. The molecular weight excluding hydrogens is 729 g/mol. The van der Waals surface area contributed by atoms with E-state index in [4.69, 9.17) is 18.9 Å². The highest BCUT2D eigenvalue weighted by molar-refractivity contribution is 6.06. The van der Waals surface area contributed by atoms with E-state index in [1.165, 1.54) is 0 Å². The van der Waals surface area contributed by atoms with Crippen LogP contribution in [-0.4, -0.2) is 40.3 Å². The molecule has 10 heteroatoms. The Bertz CT molecular complexity index is 2170. The van der Waals surface area contributed by atoms with Crippen LogP contribution in [0.25, 0.3) is 0 Å². The molecule has 58 heavy (non-hydrogen) atoms. The highest BCUT2D eigenvalue weighted by atomic mass is 16.5. The minimum atomic E-state index is -0.262. The molecule has 0 saturated heterocycles. The van der Waals surface area contributed by atoms with Gasteiger partial charge in [0.1, 0.15) is 23.0 Å². The molecule has 7 rings (SSSR count). The average Bonchev–Trinajstić information content (AvgIpc) is 3.28. The Balaban J connectivity index is 1.01. The lowest BCUT2D eigenvalue weighted by atomic mass is 10.1. The molecule has 0 aliphatic carbocycles. The molecule has 0 atom stereocenters. The maximum Gasteiger partial charge on any atom is 0.255 e. The molecule has 290 valence electrons. The fraction of sp³-hybridized carbons (Fsp3) is 0.0833. The number of ether oxygens (including phenoxy) is 4. The van der Waals surface area contributed by atoms with Crippen LogP contribution in [0.5, 0.6) is 23.0 Å². The molecule has 2 N–H and O–H groups in total. The van der Waals surface area contributed by atoms with Gasteiger partial charge >= 0.3 is 0 Å². The Kier molecular flexibility index (Phi) is 11.8. The number of amides is 2. The topological polar surface area (TPSA) is 102 Å². The quantitative estimate of drug-likeness (QED) is 0.113. The number of carbonyl (C=O) groups is 2. The standard InChI is InChI=1S/C48H42N4O6/c1-55-43-25-17-39(18-26-43)51(40-19-27-44(56-2)28-20-40)37-13-5-33(6-14-37)47(53)49-35-9-11-36(12-10-35)50-48(54)34-7-15-38(16-8-34)52(41-21-29-45(57-3)30-22-41)42-23-31-46(58-4)32-24-42/h5-32H,1-4H3,(H,49,53)(H,50,54). The molecule has 0 spiro atoms. The highest BCUT2D eigenvalue weighted by Crippen LogP contribution is 2.38. The lowest BCUT2D eigenvalue weighted by Gasteiger charge is -2.26. The first-order valence-electron chi connectivity index (χ1n) is 18.4. The van der Waals surface area contributed by atoms with Gasteiger partial charge < -0.3 is 39.4 Å². The zero-order valence-electron chi connectivity index (χ0n) is 32.5. The number of hydrogen-bond acceptors (Lipinski definition) is 8. The van der Waals surface area contributed by atoms with Gasteiger partial charge in [-0.05, 0) is 170 Å². The molecule has 0 heterocycles. The lowest BCUT2D eigenvalue weighted by molar-refractivity contribution is 0.101. The summed E-state index contributed by atoms with van der Waals surface area (Å²) >= 11 is 0. The Morgan fingerprint density at radius 1 is 0.328 bits per heavy atom. The monoisotopic (exact) mass is 770 g/mol. The predicted molar refractivity (Wildman–Crippen MR) is 231 cm³/mol. The van der Waals surface area contributed by atoms with Crippen LogP contribution in [0, 0.1) is 0 Å². The summed E-state index contributed by atoms with van der Waals surface area (Å²) in [6.07, 6.45) is 0. The van der Waals surface area contributed by atoms with Gasteiger partial charge in [-0.1, -0.05) is 0 Å². The first-order chi connectivity index (χ1) is 28.3. The summed E-state index contributed by atoms with van der Waals surface area (Å²) in [6.45, 7) is 0. The summed E-state index contributed by atoms with van der Waals surface area (Å²) in [7, 11) is 6.54. The second-order valence-electron chi connectivity index (χ2n) is 13.0. The van der Waals surface area contributed by atoms with Crippen molar-refractivity contribution in [2.75, 3.05) is 48.9 Å². The molecular formula is C48H42N4O6. The zero-order valence-corrected chi connectivity index (χ0v) is 32.5. The minimum absolute atomic E-state index is 0.262. The van der Waals surface area contributed by atoms with E-state index in [-0.39, 0.29) is 11.8 Å². The Morgan fingerprint density at radius 2 is 0.534 bits per heavy atom. The van der Waals surface area contributed by atoms with Crippen LogP contribution in [-0.2, 0) is 0 Å². The highest BCUT2D eigenvalue weighted by Gasteiger charge is 2.17. The summed E-state index contributed by atoms with van der Waals surface area (Å²) in [5.41, 5.74) is 7.60. The number of carbonyl (C=O) groups excluding carboxylic acids is 2. The third-order valence-corrected chi connectivity index (χ3v) is 9.50. The van der Waals surface area contributed by atoms with Gasteiger partial charge in [-0.3, -0.25) is 9.59 Å². The number of nitrogens with zero attached hydrogens (tertiary/aromatic N) is 2. The van der Waals surface area contributed by atoms with Gasteiger partial charge in [-0.25, -0.2) is 0 Å². The fourth-order valence-corrected chi connectivity index (χ4v) is 6.39. The number of methoxy groups -OCH3 is 4. The van der Waals surface area contributed by atoms with E-state index in [1.54, 1.807) is 77.0 Å². The van der Waals surface area contributed by atoms with Crippen LogP contribution in [0.2, 0.25) is 0 Å². The van der Waals surface area contributed by atoms with Crippen molar-refractivity contribution in [2.45, 2.75) is 0 Å². The maximum atomic E-state index is 13.3. The van der Waals surface area contributed by atoms with Crippen LogP contribution in [0.3, 0.4) is 0 Å². The molecule has 2 amide bonds. The van der Waals surface area contributed by atoms with Crippen molar-refractivity contribution in [3.05, 3.63) is 181 Å². The molecule has 0 fully saturated rings. The van der Waals surface area contributed by atoms with Gasteiger partial charge in [0.25, 0.3) is 11.8 Å². The fourth-order valence-electron chi connectivity index (χ4n) is 6.39. The average molecular weight is 771 g/mol. The number of hydrogen-bond donors (Lipinski definition) is 2. The lowest BCUT2D eigenvalue weighted by Crippen LogP contribution is -2.14. The van der Waals surface area contributed by atoms with Gasteiger partial charge in [-0.15, -0.1) is 0 Å². The van der Waals surface area contributed by atoms with E-state index in [9.17, 15) is 9.59 Å². The van der Waals surface area contributed by atoms with E-state index in [0.29, 0.717) is 22.5 Å². The van der Waals surface area contributed by atoms with Crippen molar-refractivity contribution in [3.8, 4) is 23.0 Å². The molecule has 0 radical (unpaired) electrons. The van der Waals surface area contributed by atoms with Gasteiger partial charge in [0.2, 0.25) is 0 Å². The predicted octanol–water partition coefficient (Wildman–Crippen LogP) is 11.2. The molecule has 0 unspecified atom stereocenters. The van der Waals surface area contributed by atoms with Gasteiger partial charge in [0.15, 0.2) is 0 Å². The third-order valence-electron chi connectivity index (χ3n) is 9.50. The first-order valence-corrected chi connectivity index (χ1v) is 18.4. The van der Waals surface area contributed by atoms with Gasteiger partial charge in [0, 0.05) is 56.6 Å². The second kappa shape index (κ2) is 17.8. The SMILES string of the molecule is COc1ccc(N(c2ccc(OC)cc2)c2ccc(C(=O)Nc3ccc(NC(=O)c4ccc(N(c5ccc(OC)cc5)c5ccc(OC)cc5)cc4)cc3)cc2)cc1. The van der Waals surface area contributed by atoms with E-state index < -0.39 is 0 Å². The summed E-state index contributed by atoms with van der Waals surface area (Å²) in [6, 6.07) is 52.9. The molecule has 0 bridgehead atoms. The first kappa shape index (κ1) is 38.6. The van der Waals surface area contributed by atoms with E-state index in [2.05, 4.69) is 20.4 Å². The van der Waals surface area contributed by atoms with Crippen molar-refractivity contribution < 1.29 is 28.5 Å². The molecule has 0 aromatic heterocycles. The van der Waals surface area contributed by atoms with E-state index in [1.807, 2.05) is 121 Å². The normalized spacial score (nSPS) is 10.6. The number of benzene rings is 7. The Morgan fingerprint density at radius 3 is 0.741 bits per heavy atom. The summed E-state index contributed by atoms with van der Waals surface area (Å²) in [5, 5.41) is 5.91.